The highest BCUT2D eigenvalue weighted by Gasteiger charge is 2.21. The van der Waals surface area contributed by atoms with Crippen molar-refractivity contribution >= 4 is 17.8 Å². The molecule has 6 nitrogen and oxygen atoms in total. The van der Waals surface area contributed by atoms with Gasteiger partial charge in [-0.3, -0.25) is 15.1 Å². The number of aromatic nitrogens is 2. The van der Waals surface area contributed by atoms with Crippen LogP contribution in [0.25, 0.3) is 12.2 Å². The summed E-state index contributed by atoms with van der Waals surface area (Å²) in [7, 11) is 0. The quantitative estimate of drug-likeness (QED) is 0.598. The second-order valence-electron chi connectivity index (χ2n) is 3.33. The minimum atomic E-state index is -0.510. The summed E-state index contributed by atoms with van der Waals surface area (Å²) in [6.07, 6.45) is 4.76. The molecule has 2 aromatic heterocycles. The van der Waals surface area contributed by atoms with Gasteiger partial charge in [0.1, 0.15) is 0 Å². The highest BCUT2D eigenvalue weighted by atomic mass is 16.6. The molecule has 0 unspecified atom stereocenters. The van der Waals surface area contributed by atoms with Gasteiger partial charge in [-0.15, -0.1) is 0 Å². The molecule has 0 fully saturated rings. The zero-order chi connectivity index (χ0) is 12.3. The highest BCUT2D eigenvalue weighted by Crippen LogP contribution is 2.24. The van der Waals surface area contributed by atoms with E-state index in [4.69, 9.17) is 4.52 Å². The minimum absolute atomic E-state index is 0.114. The molecule has 0 atom stereocenters. The van der Waals surface area contributed by atoms with Crippen LogP contribution in [0.1, 0.15) is 17.1 Å². The van der Waals surface area contributed by atoms with E-state index in [2.05, 4.69) is 10.1 Å². The number of rotatable bonds is 3. The first-order valence-electron chi connectivity index (χ1n) is 4.88. The Morgan fingerprint density at radius 2 is 2.24 bits per heavy atom. The Kier molecular flexibility index (Phi) is 2.95. The van der Waals surface area contributed by atoms with Crippen molar-refractivity contribution in [3.8, 4) is 0 Å². The largest absolute Gasteiger partial charge is 0.349 e. The molecular formula is C11H9N3O3. The van der Waals surface area contributed by atoms with Gasteiger partial charge in [0.2, 0.25) is 5.76 Å². The standard InChI is InChI=1S/C11H9N3O3/c1-8-11(14(15)16)10(17-13-8)6-5-9-4-2-3-7-12-9/h2-7H,1H3/b6-5+. The van der Waals surface area contributed by atoms with Gasteiger partial charge in [-0.25, -0.2) is 0 Å². The zero-order valence-electron chi connectivity index (χ0n) is 9.03. The molecule has 2 rings (SSSR count). The van der Waals surface area contributed by atoms with Crippen LogP contribution in [-0.4, -0.2) is 15.1 Å². The smallest absolute Gasteiger partial charge is 0.338 e. The second-order valence-corrected chi connectivity index (χ2v) is 3.33. The van der Waals surface area contributed by atoms with E-state index in [1.54, 1.807) is 24.4 Å². The van der Waals surface area contributed by atoms with Crippen LogP contribution < -0.4 is 0 Å². The van der Waals surface area contributed by atoms with Gasteiger partial charge < -0.3 is 4.52 Å². The van der Waals surface area contributed by atoms with Gasteiger partial charge in [-0.1, -0.05) is 11.2 Å². The Morgan fingerprint density at radius 1 is 1.41 bits per heavy atom. The molecule has 0 saturated heterocycles. The summed E-state index contributed by atoms with van der Waals surface area (Å²) in [5.41, 5.74) is 0.837. The first kappa shape index (κ1) is 11.0. The van der Waals surface area contributed by atoms with Gasteiger partial charge >= 0.3 is 5.69 Å². The van der Waals surface area contributed by atoms with E-state index in [1.165, 1.54) is 13.0 Å². The first-order valence-corrected chi connectivity index (χ1v) is 4.88. The summed E-state index contributed by atoms with van der Waals surface area (Å²) in [4.78, 5) is 14.3. The molecule has 0 saturated carbocycles. The van der Waals surface area contributed by atoms with Crippen molar-refractivity contribution in [2.24, 2.45) is 0 Å². The molecule has 0 aliphatic heterocycles. The van der Waals surface area contributed by atoms with Crippen LogP contribution in [0.4, 0.5) is 5.69 Å². The highest BCUT2D eigenvalue weighted by molar-refractivity contribution is 5.70. The lowest BCUT2D eigenvalue weighted by Gasteiger charge is -1.89. The maximum absolute atomic E-state index is 10.8. The molecule has 0 aliphatic rings. The van der Waals surface area contributed by atoms with E-state index in [1.807, 2.05) is 6.07 Å². The molecule has 6 heteroatoms. The third-order valence-electron chi connectivity index (χ3n) is 2.13. The fraction of sp³-hybridized carbons (Fsp3) is 0.0909. The molecule has 0 spiro atoms. The van der Waals surface area contributed by atoms with E-state index in [0.29, 0.717) is 5.69 Å². The van der Waals surface area contributed by atoms with Crippen LogP contribution in [0.3, 0.4) is 0 Å². The van der Waals surface area contributed by atoms with Crippen molar-refractivity contribution < 1.29 is 9.45 Å². The molecular weight excluding hydrogens is 222 g/mol. The number of nitro groups is 1. The van der Waals surface area contributed by atoms with Crippen LogP contribution in [0.5, 0.6) is 0 Å². The molecule has 17 heavy (non-hydrogen) atoms. The van der Waals surface area contributed by atoms with Crippen LogP contribution in [-0.2, 0) is 0 Å². The van der Waals surface area contributed by atoms with Crippen LogP contribution in [0, 0.1) is 17.0 Å². The predicted molar refractivity (Wildman–Crippen MR) is 61.1 cm³/mol. The van der Waals surface area contributed by atoms with Gasteiger partial charge in [0.05, 0.1) is 10.6 Å². The molecule has 0 aliphatic carbocycles. The summed E-state index contributed by atoms with van der Waals surface area (Å²) in [6, 6.07) is 5.40. The maximum Gasteiger partial charge on any atom is 0.338 e. The Labute approximate surface area is 96.7 Å². The summed E-state index contributed by atoms with van der Waals surface area (Å²) in [5.74, 6) is 0.123. The predicted octanol–water partition coefficient (Wildman–Crippen LogP) is 2.46. The number of aryl methyl sites for hydroxylation is 1. The van der Waals surface area contributed by atoms with Crippen molar-refractivity contribution in [1.29, 1.82) is 0 Å². The molecule has 2 aromatic rings. The Balaban J connectivity index is 2.31. The van der Waals surface area contributed by atoms with Gasteiger partial charge in [-0.2, -0.15) is 0 Å². The minimum Gasteiger partial charge on any atom is -0.349 e. The Bertz CT molecular complexity index is 561. The summed E-state index contributed by atoms with van der Waals surface area (Å²) in [5, 5.41) is 14.3. The Morgan fingerprint density at radius 3 is 2.88 bits per heavy atom. The summed E-state index contributed by atoms with van der Waals surface area (Å²) >= 11 is 0. The monoisotopic (exact) mass is 231 g/mol. The third kappa shape index (κ3) is 2.36. The van der Waals surface area contributed by atoms with Crippen LogP contribution >= 0.6 is 0 Å². The maximum atomic E-state index is 10.8. The first-order chi connectivity index (χ1) is 8.18. The van der Waals surface area contributed by atoms with E-state index >= 15 is 0 Å². The average molecular weight is 231 g/mol. The van der Waals surface area contributed by atoms with Gasteiger partial charge in [0, 0.05) is 6.20 Å². The summed E-state index contributed by atoms with van der Waals surface area (Å²) < 4.78 is 4.87. The lowest BCUT2D eigenvalue weighted by molar-refractivity contribution is -0.386. The van der Waals surface area contributed by atoms with E-state index in [-0.39, 0.29) is 17.1 Å². The fourth-order valence-corrected chi connectivity index (χ4v) is 1.35. The van der Waals surface area contributed by atoms with Crippen molar-refractivity contribution in [3.05, 3.63) is 51.7 Å². The fourth-order valence-electron chi connectivity index (χ4n) is 1.35. The van der Waals surface area contributed by atoms with Crippen molar-refractivity contribution in [3.63, 3.8) is 0 Å². The number of hydrogen-bond acceptors (Lipinski definition) is 5. The molecule has 0 aromatic carbocycles. The number of hydrogen-bond donors (Lipinski definition) is 0. The van der Waals surface area contributed by atoms with Gasteiger partial charge in [-0.05, 0) is 31.2 Å². The number of nitrogens with zero attached hydrogens (tertiary/aromatic N) is 3. The van der Waals surface area contributed by atoms with Gasteiger partial charge in [0.25, 0.3) is 0 Å². The molecule has 0 amide bonds. The molecule has 86 valence electrons. The van der Waals surface area contributed by atoms with Crippen molar-refractivity contribution in [1.82, 2.24) is 10.1 Å². The van der Waals surface area contributed by atoms with Crippen molar-refractivity contribution in [2.75, 3.05) is 0 Å². The zero-order valence-corrected chi connectivity index (χ0v) is 9.03. The molecule has 0 bridgehead atoms. The topological polar surface area (TPSA) is 82.1 Å². The van der Waals surface area contributed by atoms with Crippen LogP contribution in [0.2, 0.25) is 0 Å². The van der Waals surface area contributed by atoms with E-state index < -0.39 is 4.92 Å². The Hall–Kier alpha value is -2.50. The number of pyridine rings is 1. The third-order valence-corrected chi connectivity index (χ3v) is 2.13. The van der Waals surface area contributed by atoms with Crippen LogP contribution in [0.15, 0.2) is 28.9 Å². The lowest BCUT2D eigenvalue weighted by Crippen LogP contribution is -1.90. The van der Waals surface area contributed by atoms with Crippen molar-refractivity contribution in [2.45, 2.75) is 6.92 Å². The SMILES string of the molecule is Cc1noc(/C=C/c2ccccn2)c1[N+](=O)[O-]. The molecule has 0 radical (unpaired) electrons. The summed E-state index contributed by atoms with van der Waals surface area (Å²) in [6.45, 7) is 1.53. The molecule has 0 N–H and O–H groups in total. The van der Waals surface area contributed by atoms with Gasteiger partial charge in [0.15, 0.2) is 5.69 Å². The average Bonchev–Trinajstić information content (AvgIpc) is 2.69. The van der Waals surface area contributed by atoms with E-state index in [0.717, 1.165) is 0 Å². The normalized spacial score (nSPS) is 10.9. The lowest BCUT2D eigenvalue weighted by atomic mass is 10.2. The molecule has 2 heterocycles. The second kappa shape index (κ2) is 4.56. The van der Waals surface area contributed by atoms with E-state index in [9.17, 15) is 10.1 Å².